The molecule has 3 atom stereocenters. The van der Waals surface area contributed by atoms with E-state index in [4.69, 9.17) is 0 Å². The lowest BCUT2D eigenvalue weighted by Crippen LogP contribution is -2.28. The second-order valence-corrected chi connectivity index (χ2v) is 15.8. The minimum absolute atomic E-state index is 0.00169. The summed E-state index contributed by atoms with van der Waals surface area (Å²) < 4.78 is 31.6. The third-order valence-electron chi connectivity index (χ3n) is 10.6. The van der Waals surface area contributed by atoms with E-state index in [1.165, 1.54) is 16.7 Å². The molecule has 48 heavy (non-hydrogen) atoms. The fourth-order valence-electron chi connectivity index (χ4n) is 7.90. The lowest BCUT2D eigenvalue weighted by atomic mass is 9.75. The van der Waals surface area contributed by atoms with Crippen LogP contribution in [-0.4, -0.2) is 10.6 Å². The van der Waals surface area contributed by atoms with Gasteiger partial charge in [-0.15, -0.1) is 0 Å². The summed E-state index contributed by atoms with van der Waals surface area (Å²) in [6.07, 6.45) is 10.8. The highest BCUT2D eigenvalue weighted by Crippen LogP contribution is 2.50. The number of aromatic nitrogens is 1. The van der Waals surface area contributed by atoms with E-state index in [1.807, 2.05) is 12.1 Å². The first-order valence-corrected chi connectivity index (χ1v) is 17.1. The molecule has 242 valence electrons. The maximum absolute atomic E-state index is 14.6. The first kappa shape index (κ1) is 30.6. The van der Waals surface area contributed by atoms with Crippen molar-refractivity contribution in [2.24, 2.45) is 11.3 Å². The van der Waals surface area contributed by atoms with E-state index in [1.54, 1.807) is 24.3 Å². The second kappa shape index (κ2) is 10.9. The summed E-state index contributed by atoms with van der Waals surface area (Å²) in [4.78, 5) is 2.36. The van der Waals surface area contributed by atoms with Crippen molar-refractivity contribution in [2.45, 2.75) is 65.3 Å². The van der Waals surface area contributed by atoms with Crippen molar-refractivity contribution in [1.29, 1.82) is 0 Å². The largest absolute Gasteiger partial charge is 0.333 e. The molecule has 1 aromatic heterocycles. The molecule has 2 aliphatic carbocycles. The number of hydrogen-bond acceptors (Lipinski definition) is 1. The van der Waals surface area contributed by atoms with Gasteiger partial charge in [-0.25, -0.2) is 8.78 Å². The van der Waals surface area contributed by atoms with Gasteiger partial charge in [-0.05, 0) is 118 Å². The summed E-state index contributed by atoms with van der Waals surface area (Å²) in [5, 5.41) is 0.985. The van der Waals surface area contributed by atoms with E-state index in [2.05, 4.69) is 130 Å². The third-order valence-corrected chi connectivity index (χ3v) is 10.6. The highest BCUT2D eigenvalue weighted by Gasteiger charge is 2.39. The van der Waals surface area contributed by atoms with Crippen molar-refractivity contribution in [1.82, 2.24) is 4.57 Å². The Hall–Kier alpha value is -4.70. The number of benzene rings is 4. The Morgan fingerprint density at radius 2 is 1.46 bits per heavy atom. The van der Waals surface area contributed by atoms with Gasteiger partial charge >= 0.3 is 0 Å². The zero-order valence-corrected chi connectivity index (χ0v) is 28.6. The highest BCUT2D eigenvalue weighted by molar-refractivity contribution is 5.91. The van der Waals surface area contributed by atoms with Crippen molar-refractivity contribution in [3.8, 4) is 16.8 Å². The molecule has 0 saturated carbocycles. The predicted octanol–water partition coefficient (Wildman–Crippen LogP) is 12.0. The van der Waals surface area contributed by atoms with Crippen LogP contribution < -0.4 is 4.90 Å². The van der Waals surface area contributed by atoms with Gasteiger partial charge in [-0.2, -0.15) is 0 Å². The summed E-state index contributed by atoms with van der Waals surface area (Å²) in [7, 11) is 0. The molecule has 0 spiro atoms. The highest BCUT2D eigenvalue weighted by atomic mass is 19.1. The van der Waals surface area contributed by atoms with Gasteiger partial charge in [-0.3, -0.25) is 0 Å². The molecule has 0 saturated heterocycles. The van der Waals surface area contributed by atoms with Gasteiger partial charge in [0.25, 0.3) is 0 Å². The first-order valence-electron chi connectivity index (χ1n) is 17.1. The number of anilines is 2. The van der Waals surface area contributed by atoms with Gasteiger partial charge in [0, 0.05) is 34.1 Å². The molecule has 4 heteroatoms. The van der Waals surface area contributed by atoms with Gasteiger partial charge < -0.3 is 9.47 Å². The number of fused-ring (bicyclic) bond motifs is 6. The van der Waals surface area contributed by atoms with Crippen molar-refractivity contribution >= 4 is 28.4 Å². The van der Waals surface area contributed by atoms with Crippen LogP contribution in [-0.2, 0) is 11.8 Å². The molecule has 3 aliphatic rings. The second-order valence-electron chi connectivity index (χ2n) is 15.8. The van der Waals surface area contributed by atoms with Crippen LogP contribution in [0, 0.1) is 17.2 Å². The Kier molecular flexibility index (Phi) is 6.96. The van der Waals surface area contributed by atoms with E-state index < -0.39 is 0 Å². The molecule has 0 amide bonds. The van der Waals surface area contributed by atoms with Gasteiger partial charge in [0.2, 0.25) is 0 Å². The lowest BCUT2D eigenvalue weighted by molar-refractivity contribution is 0.291. The maximum atomic E-state index is 14.6. The smallest absolute Gasteiger partial charge is 0.123 e. The topological polar surface area (TPSA) is 8.17 Å². The van der Waals surface area contributed by atoms with Crippen LogP contribution in [0.1, 0.15) is 69.8 Å². The van der Waals surface area contributed by atoms with Crippen LogP contribution in [0.2, 0.25) is 0 Å². The summed E-state index contributed by atoms with van der Waals surface area (Å²) in [5.41, 5.74) is 11.3. The Morgan fingerprint density at radius 3 is 2.19 bits per heavy atom. The average molecular weight is 637 g/mol. The molecule has 5 aromatic rings. The molecule has 0 radical (unpaired) electrons. The van der Waals surface area contributed by atoms with Gasteiger partial charge in [0.1, 0.15) is 11.6 Å². The zero-order chi connectivity index (χ0) is 33.5. The Labute approximate surface area is 282 Å². The van der Waals surface area contributed by atoms with Crippen LogP contribution in [0.25, 0.3) is 33.8 Å². The molecule has 0 N–H and O–H groups in total. The molecule has 0 bridgehead atoms. The van der Waals surface area contributed by atoms with Gasteiger partial charge in [-0.1, -0.05) is 90.1 Å². The van der Waals surface area contributed by atoms with Crippen LogP contribution in [0.5, 0.6) is 0 Å². The molecule has 2 heterocycles. The van der Waals surface area contributed by atoms with Crippen LogP contribution in [0.15, 0.2) is 115 Å². The van der Waals surface area contributed by atoms with E-state index in [0.717, 1.165) is 51.2 Å². The van der Waals surface area contributed by atoms with E-state index in [-0.39, 0.29) is 34.4 Å². The Balaban J connectivity index is 1.21. The Morgan fingerprint density at radius 1 is 0.729 bits per heavy atom. The quantitative estimate of drug-likeness (QED) is 0.191. The summed E-state index contributed by atoms with van der Waals surface area (Å²) in [5.74, 6) is -0.0608. The number of halogens is 2. The normalized spacial score (nSPS) is 20.1. The minimum Gasteiger partial charge on any atom is -0.333 e. The Bertz CT molecular complexity index is 2180. The number of allylic oxidation sites excluding steroid dienone is 3. The van der Waals surface area contributed by atoms with Crippen molar-refractivity contribution in [3.63, 3.8) is 0 Å². The predicted molar refractivity (Wildman–Crippen MR) is 196 cm³/mol. The molecule has 3 unspecified atom stereocenters. The zero-order valence-electron chi connectivity index (χ0n) is 28.6. The summed E-state index contributed by atoms with van der Waals surface area (Å²) >= 11 is 0. The molecule has 8 rings (SSSR count). The molecule has 1 aliphatic heterocycles. The van der Waals surface area contributed by atoms with Crippen LogP contribution >= 0.6 is 0 Å². The van der Waals surface area contributed by atoms with E-state index >= 15 is 0 Å². The fourth-order valence-corrected chi connectivity index (χ4v) is 7.90. The van der Waals surface area contributed by atoms with Crippen molar-refractivity contribution in [3.05, 3.63) is 143 Å². The molecule has 4 aromatic carbocycles. The number of nitrogens with zero attached hydrogens (tertiary/aromatic N) is 2. The standard InChI is InChI=1S/C44H42F2N2/c1-43(2,3)29-13-17-39-35(23-29)37-25-31(45)15-19-41(37)47(39)33-11-7-9-27(21-33)28-10-8-12-34(22-28)48-40-18-14-30(44(4,5)6)24-36(40)38-26-32(46)16-20-42(38)48/h7-23,25-26,30,37,41H,24H2,1-6H3. The number of rotatable bonds is 3. The first-order chi connectivity index (χ1) is 22.9. The van der Waals surface area contributed by atoms with E-state index in [0.29, 0.717) is 5.92 Å². The van der Waals surface area contributed by atoms with Gasteiger partial charge in [0.05, 0.1) is 11.6 Å². The fraction of sp³-hybridized carbons (Fsp3) is 0.273. The minimum atomic E-state index is -0.207. The third kappa shape index (κ3) is 5.05. The molecule has 2 nitrogen and oxygen atoms in total. The average Bonchev–Trinajstić information content (AvgIpc) is 3.55. The maximum Gasteiger partial charge on any atom is 0.123 e. The lowest BCUT2D eigenvalue weighted by Gasteiger charge is -2.30. The molecular weight excluding hydrogens is 594 g/mol. The van der Waals surface area contributed by atoms with Crippen molar-refractivity contribution in [2.75, 3.05) is 4.90 Å². The molecular formula is C44H42F2N2. The van der Waals surface area contributed by atoms with E-state index in [9.17, 15) is 8.78 Å². The summed E-state index contributed by atoms with van der Waals surface area (Å²) in [6.45, 7) is 13.5. The summed E-state index contributed by atoms with van der Waals surface area (Å²) in [6, 6.07) is 29.2. The SMILES string of the molecule is CC(C)(C)c1ccc2c(c1)C1C=C(F)C=CC1N2c1cccc(-c2cccc(-n3c4c(c5cc(F)ccc53)CC(C(C)(C)C)C=C4)c2)c1. The van der Waals surface area contributed by atoms with Gasteiger partial charge in [0.15, 0.2) is 0 Å². The monoisotopic (exact) mass is 636 g/mol. The van der Waals surface area contributed by atoms with Crippen LogP contribution in [0.3, 0.4) is 0 Å². The van der Waals surface area contributed by atoms with Crippen LogP contribution in [0.4, 0.5) is 20.2 Å². The molecule has 0 fully saturated rings. The van der Waals surface area contributed by atoms with Crippen molar-refractivity contribution < 1.29 is 8.78 Å². The number of hydrogen-bond donors (Lipinski definition) is 0.